The van der Waals surface area contributed by atoms with E-state index in [1.54, 1.807) is 22.5 Å². The Kier molecular flexibility index (Phi) is 4.93. The summed E-state index contributed by atoms with van der Waals surface area (Å²) in [5.74, 6) is 0. The van der Waals surface area contributed by atoms with E-state index in [0.29, 0.717) is 20.9 Å². The van der Waals surface area contributed by atoms with E-state index < -0.39 is 10.0 Å². The lowest BCUT2D eigenvalue weighted by Gasteiger charge is -2.21. The van der Waals surface area contributed by atoms with E-state index in [-0.39, 0.29) is 6.04 Å². The Balaban J connectivity index is 2.30. The third-order valence-corrected chi connectivity index (χ3v) is 6.35. The predicted molar refractivity (Wildman–Crippen MR) is 81.0 cm³/mol. The van der Waals surface area contributed by atoms with Gasteiger partial charge in [-0.2, -0.15) is 4.31 Å². The smallest absolute Gasteiger partial charge is 0.207 e. The Hall–Kier alpha value is -0.100. The summed E-state index contributed by atoms with van der Waals surface area (Å²) in [5, 5.41) is 0.519. The van der Waals surface area contributed by atoms with Crippen molar-refractivity contribution in [3.8, 4) is 0 Å². The van der Waals surface area contributed by atoms with Crippen LogP contribution in [0.25, 0.3) is 0 Å². The van der Waals surface area contributed by atoms with Gasteiger partial charge in [0, 0.05) is 17.1 Å². The van der Waals surface area contributed by atoms with Crippen molar-refractivity contribution >= 4 is 37.6 Å². The second-order valence-electron chi connectivity index (χ2n) is 4.78. The zero-order valence-corrected chi connectivity index (χ0v) is 13.9. The predicted octanol–water partition coefficient (Wildman–Crippen LogP) is 4.06. The molecule has 19 heavy (non-hydrogen) atoms. The summed E-state index contributed by atoms with van der Waals surface area (Å²) in [5.41, 5.74) is 0. The van der Waals surface area contributed by atoms with E-state index in [4.69, 9.17) is 11.6 Å². The summed E-state index contributed by atoms with van der Waals surface area (Å²) < 4.78 is 27.5. The molecule has 0 radical (unpaired) electrons. The molecule has 0 N–H and O–H groups in total. The van der Waals surface area contributed by atoms with Crippen LogP contribution in [0, 0.1) is 0 Å². The molecule has 1 saturated carbocycles. The van der Waals surface area contributed by atoms with E-state index in [9.17, 15) is 8.42 Å². The largest absolute Gasteiger partial charge is 0.243 e. The monoisotopic (exact) mass is 365 g/mol. The molecular formula is C13H17BrClNO2S. The van der Waals surface area contributed by atoms with Crippen LogP contribution in [0.15, 0.2) is 27.6 Å². The number of hydrogen-bond acceptors (Lipinski definition) is 2. The first-order valence-electron chi connectivity index (χ1n) is 6.43. The van der Waals surface area contributed by atoms with Gasteiger partial charge in [-0.15, -0.1) is 0 Å². The maximum absolute atomic E-state index is 12.6. The first-order chi connectivity index (χ1) is 8.96. The normalized spacial score (nSPS) is 16.0. The first kappa shape index (κ1) is 15.3. The number of unbranched alkanes of at least 4 members (excludes halogenated alkanes) is 1. The molecule has 2 rings (SSSR count). The Morgan fingerprint density at radius 3 is 2.63 bits per heavy atom. The van der Waals surface area contributed by atoms with Gasteiger partial charge in [-0.25, -0.2) is 8.42 Å². The third-order valence-electron chi connectivity index (χ3n) is 3.18. The van der Waals surface area contributed by atoms with Crippen LogP contribution in [-0.4, -0.2) is 25.3 Å². The van der Waals surface area contributed by atoms with E-state index in [0.717, 1.165) is 25.7 Å². The Labute approximate surface area is 128 Å². The SMILES string of the molecule is CCCCN(C1CC1)S(=O)(=O)c1ccc(Cl)c(Br)c1. The molecule has 0 aromatic heterocycles. The molecule has 0 unspecified atom stereocenters. The van der Waals surface area contributed by atoms with Crippen LogP contribution in [0.5, 0.6) is 0 Å². The number of sulfonamides is 1. The summed E-state index contributed by atoms with van der Waals surface area (Å²) in [7, 11) is -3.40. The molecule has 0 amide bonds. The lowest BCUT2D eigenvalue weighted by atomic mass is 10.3. The van der Waals surface area contributed by atoms with Crippen molar-refractivity contribution in [3.63, 3.8) is 0 Å². The van der Waals surface area contributed by atoms with Crippen LogP contribution in [0.3, 0.4) is 0 Å². The van der Waals surface area contributed by atoms with Gasteiger partial charge in [0.05, 0.1) is 9.92 Å². The first-order valence-corrected chi connectivity index (χ1v) is 9.05. The third kappa shape index (κ3) is 3.51. The second-order valence-corrected chi connectivity index (χ2v) is 7.93. The summed E-state index contributed by atoms with van der Waals surface area (Å²) in [4.78, 5) is 0.312. The molecule has 0 bridgehead atoms. The maximum Gasteiger partial charge on any atom is 0.243 e. The fourth-order valence-electron chi connectivity index (χ4n) is 1.95. The van der Waals surface area contributed by atoms with E-state index in [1.165, 1.54) is 0 Å². The molecule has 0 atom stereocenters. The zero-order valence-electron chi connectivity index (χ0n) is 10.8. The molecule has 106 valence electrons. The molecule has 0 spiro atoms. The molecule has 0 saturated heterocycles. The molecule has 1 aromatic rings. The molecule has 6 heteroatoms. The van der Waals surface area contributed by atoms with Crippen LogP contribution in [-0.2, 0) is 10.0 Å². The number of halogens is 2. The average Bonchev–Trinajstić information content (AvgIpc) is 3.17. The minimum absolute atomic E-state index is 0.186. The summed E-state index contributed by atoms with van der Waals surface area (Å²) in [6.45, 7) is 2.67. The lowest BCUT2D eigenvalue weighted by Crippen LogP contribution is -2.34. The van der Waals surface area contributed by atoms with Crippen LogP contribution >= 0.6 is 27.5 Å². The van der Waals surface area contributed by atoms with Crippen molar-refractivity contribution < 1.29 is 8.42 Å². The zero-order chi connectivity index (χ0) is 14.0. The number of hydrogen-bond donors (Lipinski definition) is 0. The average molecular weight is 367 g/mol. The molecule has 0 aliphatic heterocycles. The minimum Gasteiger partial charge on any atom is -0.207 e. The highest BCUT2D eigenvalue weighted by Crippen LogP contribution is 2.34. The molecular weight excluding hydrogens is 350 g/mol. The van der Waals surface area contributed by atoms with Gasteiger partial charge in [0.1, 0.15) is 0 Å². The van der Waals surface area contributed by atoms with Crippen LogP contribution < -0.4 is 0 Å². The van der Waals surface area contributed by atoms with Gasteiger partial charge in [-0.1, -0.05) is 24.9 Å². The maximum atomic E-state index is 12.6. The highest BCUT2D eigenvalue weighted by atomic mass is 79.9. The van der Waals surface area contributed by atoms with Crippen LogP contribution in [0.1, 0.15) is 32.6 Å². The van der Waals surface area contributed by atoms with E-state index in [2.05, 4.69) is 22.9 Å². The Bertz CT molecular complexity index is 558. The van der Waals surface area contributed by atoms with Crippen molar-refractivity contribution in [2.75, 3.05) is 6.54 Å². The van der Waals surface area contributed by atoms with Crippen molar-refractivity contribution in [2.45, 2.75) is 43.5 Å². The van der Waals surface area contributed by atoms with Crippen molar-refractivity contribution in [1.82, 2.24) is 4.31 Å². The molecule has 1 aliphatic carbocycles. The summed E-state index contributed by atoms with van der Waals surface area (Å²) >= 11 is 9.19. The van der Waals surface area contributed by atoms with Gasteiger partial charge < -0.3 is 0 Å². The van der Waals surface area contributed by atoms with Crippen molar-refractivity contribution in [1.29, 1.82) is 0 Å². The van der Waals surface area contributed by atoms with Gasteiger partial charge in [0.25, 0.3) is 0 Å². The Morgan fingerprint density at radius 1 is 1.42 bits per heavy atom. The minimum atomic E-state index is -3.40. The number of nitrogens with zero attached hydrogens (tertiary/aromatic N) is 1. The summed E-state index contributed by atoms with van der Waals surface area (Å²) in [6.07, 6.45) is 3.82. The van der Waals surface area contributed by atoms with Gasteiger partial charge >= 0.3 is 0 Å². The quantitative estimate of drug-likeness (QED) is 0.761. The molecule has 1 aliphatic rings. The lowest BCUT2D eigenvalue weighted by molar-refractivity contribution is 0.395. The van der Waals surface area contributed by atoms with E-state index in [1.807, 2.05) is 0 Å². The van der Waals surface area contributed by atoms with Crippen molar-refractivity contribution in [3.05, 3.63) is 27.7 Å². The fourth-order valence-corrected chi connectivity index (χ4v) is 4.35. The second kappa shape index (κ2) is 6.12. The number of benzene rings is 1. The van der Waals surface area contributed by atoms with Gasteiger partial charge in [-0.3, -0.25) is 0 Å². The van der Waals surface area contributed by atoms with Gasteiger partial charge in [-0.05, 0) is 53.4 Å². The topological polar surface area (TPSA) is 37.4 Å². The number of rotatable bonds is 6. The highest BCUT2D eigenvalue weighted by molar-refractivity contribution is 9.10. The fraction of sp³-hybridized carbons (Fsp3) is 0.538. The highest BCUT2D eigenvalue weighted by Gasteiger charge is 2.37. The molecule has 0 heterocycles. The van der Waals surface area contributed by atoms with E-state index >= 15 is 0 Å². The molecule has 1 aromatic carbocycles. The Morgan fingerprint density at radius 2 is 2.11 bits per heavy atom. The van der Waals surface area contributed by atoms with Crippen LogP contribution in [0.2, 0.25) is 5.02 Å². The van der Waals surface area contributed by atoms with Gasteiger partial charge in [0.2, 0.25) is 10.0 Å². The van der Waals surface area contributed by atoms with Crippen LogP contribution in [0.4, 0.5) is 0 Å². The standard InChI is InChI=1S/C13H17BrClNO2S/c1-2-3-8-16(10-4-5-10)19(17,18)11-6-7-13(15)12(14)9-11/h6-7,9-10H,2-5,8H2,1H3. The summed E-state index contributed by atoms with van der Waals surface area (Å²) in [6, 6.07) is 4.96. The molecule has 1 fully saturated rings. The van der Waals surface area contributed by atoms with Gasteiger partial charge in [0.15, 0.2) is 0 Å². The van der Waals surface area contributed by atoms with Crippen molar-refractivity contribution in [2.24, 2.45) is 0 Å². The molecule has 3 nitrogen and oxygen atoms in total.